The Bertz CT molecular complexity index is 704. The molecule has 0 radical (unpaired) electrons. The maximum absolute atomic E-state index is 13.1. The van der Waals surface area contributed by atoms with Crippen LogP contribution in [0.25, 0.3) is 0 Å². The summed E-state index contributed by atoms with van der Waals surface area (Å²) in [5.74, 6) is -1.19. The van der Waals surface area contributed by atoms with Crippen molar-refractivity contribution in [2.45, 2.75) is 11.8 Å². The number of carbonyl (C=O) groups excluding carboxylic acids is 1. The standard InChI is InChI=1S/C15H15FN2O2S/c1-10-4-2-3-5-14(10)21(20)9-15(19)18-13-8-11(16)6-7-12(13)17/h2-8H,9,17H2,1H3,(H,18,19). The van der Waals surface area contributed by atoms with Gasteiger partial charge in [-0.1, -0.05) is 18.2 Å². The van der Waals surface area contributed by atoms with Gasteiger partial charge in [0.15, 0.2) is 0 Å². The third-order valence-electron chi connectivity index (χ3n) is 2.89. The third kappa shape index (κ3) is 3.88. The van der Waals surface area contributed by atoms with E-state index >= 15 is 0 Å². The van der Waals surface area contributed by atoms with E-state index in [1.165, 1.54) is 12.1 Å². The molecule has 0 saturated carbocycles. The van der Waals surface area contributed by atoms with Gasteiger partial charge in [0, 0.05) is 4.90 Å². The Morgan fingerprint density at radius 1 is 1.29 bits per heavy atom. The zero-order valence-corrected chi connectivity index (χ0v) is 12.2. The molecule has 0 spiro atoms. The van der Waals surface area contributed by atoms with Crippen molar-refractivity contribution in [3.8, 4) is 0 Å². The molecule has 0 aliphatic carbocycles. The van der Waals surface area contributed by atoms with Gasteiger partial charge in [0.2, 0.25) is 5.91 Å². The maximum Gasteiger partial charge on any atom is 0.237 e. The van der Waals surface area contributed by atoms with Gasteiger partial charge in [-0.25, -0.2) is 4.39 Å². The van der Waals surface area contributed by atoms with Gasteiger partial charge in [0.25, 0.3) is 0 Å². The smallest absolute Gasteiger partial charge is 0.237 e. The predicted molar refractivity (Wildman–Crippen MR) is 81.9 cm³/mol. The fourth-order valence-corrected chi connectivity index (χ4v) is 2.96. The van der Waals surface area contributed by atoms with Crippen molar-refractivity contribution in [1.82, 2.24) is 0 Å². The summed E-state index contributed by atoms with van der Waals surface area (Å²) in [5.41, 5.74) is 6.94. The van der Waals surface area contributed by atoms with Crippen LogP contribution in [-0.4, -0.2) is 15.9 Å². The molecule has 1 amide bonds. The number of carbonyl (C=O) groups is 1. The molecule has 0 aliphatic heterocycles. The molecule has 21 heavy (non-hydrogen) atoms. The molecular formula is C15H15FN2O2S. The molecule has 0 bridgehead atoms. The molecule has 0 aromatic heterocycles. The second-order valence-electron chi connectivity index (χ2n) is 4.54. The number of hydrogen-bond acceptors (Lipinski definition) is 3. The largest absolute Gasteiger partial charge is 0.397 e. The number of rotatable bonds is 4. The van der Waals surface area contributed by atoms with Gasteiger partial charge in [-0.05, 0) is 36.8 Å². The normalized spacial score (nSPS) is 11.9. The Balaban J connectivity index is 2.07. The molecule has 2 aromatic rings. The summed E-state index contributed by atoms with van der Waals surface area (Å²) in [5, 5.41) is 2.47. The van der Waals surface area contributed by atoms with E-state index < -0.39 is 22.5 Å². The van der Waals surface area contributed by atoms with E-state index in [-0.39, 0.29) is 17.1 Å². The number of nitrogens with one attached hydrogen (secondary N) is 1. The van der Waals surface area contributed by atoms with Gasteiger partial charge in [-0.3, -0.25) is 9.00 Å². The average Bonchev–Trinajstić information content (AvgIpc) is 2.43. The number of hydrogen-bond donors (Lipinski definition) is 2. The number of amides is 1. The summed E-state index contributed by atoms with van der Waals surface area (Å²) in [7, 11) is -1.46. The minimum absolute atomic E-state index is 0.182. The monoisotopic (exact) mass is 306 g/mol. The van der Waals surface area contributed by atoms with Crippen molar-refractivity contribution < 1.29 is 13.4 Å². The zero-order chi connectivity index (χ0) is 15.4. The van der Waals surface area contributed by atoms with Crippen LogP contribution >= 0.6 is 0 Å². The Hall–Kier alpha value is -2.21. The van der Waals surface area contributed by atoms with Crippen molar-refractivity contribution in [3.63, 3.8) is 0 Å². The van der Waals surface area contributed by atoms with Crippen molar-refractivity contribution in [3.05, 3.63) is 53.8 Å². The van der Waals surface area contributed by atoms with Gasteiger partial charge < -0.3 is 11.1 Å². The minimum atomic E-state index is -1.46. The minimum Gasteiger partial charge on any atom is -0.397 e. The van der Waals surface area contributed by atoms with Crippen LogP contribution in [0, 0.1) is 12.7 Å². The molecule has 6 heteroatoms. The lowest BCUT2D eigenvalue weighted by Crippen LogP contribution is -2.20. The highest BCUT2D eigenvalue weighted by Crippen LogP contribution is 2.19. The number of halogens is 1. The van der Waals surface area contributed by atoms with E-state index in [0.29, 0.717) is 4.90 Å². The van der Waals surface area contributed by atoms with Crippen LogP contribution < -0.4 is 11.1 Å². The van der Waals surface area contributed by atoms with Crippen LogP contribution in [0.1, 0.15) is 5.56 Å². The second-order valence-corrected chi connectivity index (χ2v) is 5.95. The molecule has 0 aliphatic rings. The van der Waals surface area contributed by atoms with Gasteiger partial charge in [-0.2, -0.15) is 0 Å². The molecule has 3 N–H and O–H groups in total. The van der Waals surface area contributed by atoms with E-state index in [1.54, 1.807) is 12.1 Å². The fraction of sp³-hybridized carbons (Fsp3) is 0.133. The van der Waals surface area contributed by atoms with Crippen LogP contribution in [0.4, 0.5) is 15.8 Å². The summed E-state index contributed by atoms with van der Waals surface area (Å²) in [4.78, 5) is 12.5. The molecule has 2 rings (SSSR count). The molecule has 0 fully saturated rings. The molecule has 1 atom stereocenters. The average molecular weight is 306 g/mol. The SMILES string of the molecule is Cc1ccccc1S(=O)CC(=O)Nc1cc(F)ccc1N. The van der Waals surface area contributed by atoms with Gasteiger partial charge in [-0.15, -0.1) is 0 Å². The Morgan fingerprint density at radius 3 is 2.71 bits per heavy atom. The first-order chi connectivity index (χ1) is 9.97. The molecule has 110 valence electrons. The van der Waals surface area contributed by atoms with E-state index in [9.17, 15) is 13.4 Å². The first-order valence-corrected chi connectivity index (χ1v) is 7.58. The molecule has 2 aromatic carbocycles. The number of anilines is 2. The summed E-state index contributed by atoms with van der Waals surface area (Å²) < 4.78 is 25.3. The van der Waals surface area contributed by atoms with E-state index in [0.717, 1.165) is 11.6 Å². The van der Waals surface area contributed by atoms with Crippen LogP contribution in [0.5, 0.6) is 0 Å². The van der Waals surface area contributed by atoms with Crippen molar-refractivity contribution in [2.24, 2.45) is 0 Å². The highest BCUT2D eigenvalue weighted by atomic mass is 32.2. The van der Waals surface area contributed by atoms with Crippen LogP contribution in [-0.2, 0) is 15.6 Å². The third-order valence-corrected chi connectivity index (χ3v) is 4.36. The molecule has 1 unspecified atom stereocenters. The van der Waals surface area contributed by atoms with Crippen LogP contribution in [0.3, 0.4) is 0 Å². The lowest BCUT2D eigenvalue weighted by Gasteiger charge is -2.09. The molecular weight excluding hydrogens is 291 g/mol. The highest BCUT2D eigenvalue weighted by Gasteiger charge is 2.13. The number of benzene rings is 2. The first-order valence-electron chi connectivity index (χ1n) is 6.26. The van der Waals surface area contributed by atoms with Gasteiger partial charge >= 0.3 is 0 Å². The summed E-state index contributed by atoms with van der Waals surface area (Å²) in [6.07, 6.45) is 0. The first kappa shape index (κ1) is 15.2. The fourth-order valence-electron chi connectivity index (χ4n) is 1.83. The number of nitrogen functional groups attached to an aromatic ring is 1. The topological polar surface area (TPSA) is 72.2 Å². The van der Waals surface area contributed by atoms with E-state index in [1.807, 2.05) is 19.1 Å². The van der Waals surface area contributed by atoms with E-state index in [2.05, 4.69) is 5.32 Å². The highest BCUT2D eigenvalue weighted by molar-refractivity contribution is 7.85. The van der Waals surface area contributed by atoms with Crippen molar-refractivity contribution in [1.29, 1.82) is 0 Å². The zero-order valence-electron chi connectivity index (χ0n) is 11.4. The predicted octanol–water partition coefficient (Wildman–Crippen LogP) is 2.46. The van der Waals surface area contributed by atoms with E-state index in [4.69, 9.17) is 5.73 Å². The summed E-state index contributed by atoms with van der Waals surface area (Å²) in [6, 6.07) is 10.8. The van der Waals surface area contributed by atoms with Gasteiger partial charge in [0.1, 0.15) is 11.6 Å². The molecule has 4 nitrogen and oxygen atoms in total. The van der Waals surface area contributed by atoms with Crippen LogP contribution in [0.2, 0.25) is 0 Å². The van der Waals surface area contributed by atoms with Gasteiger partial charge in [0.05, 0.1) is 22.2 Å². The Kier molecular flexibility index (Phi) is 4.70. The van der Waals surface area contributed by atoms with Crippen molar-refractivity contribution >= 4 is 28.1 Å². The summed E-state index contributed by atoms with van der Waals surface area (Å²) >= 11 is 0. The van der Waals surface area contributed by atoms with Crippen LogP contribution in [0.15, 0.2) is 47.4 Å². The maximum atomic E-state index is 13.1. The number of nitrogens with two attached hydrogens (primary N) is 1. The van der Waals surface area contributed by atoms with Crippen molar-refractivity contribution in [2.75, 3.05) is 16.8 Å². The lowest BCUT2D eigenvalue weighted by atomic mass is 10.2. The quantitative estimate of drug-likeness (QED) is 0.852. The molecule has 0 heterocycles. The second kappa shape index (κ2) is 6.49. The Morgan fingerprint density at radius 2 is 2.00 bits per heavy atom. The molecule has 0 saturated heterocycles. The lowest BCUT2D eigenvalue weighted by molar-refractivity contribution is -0.113. The summed E-state index contributed by atoms with van der Waals surface area (Å²) in [6.45, 7) is 1.83. The number of aryl methyl sites for hydroxylation is 1. The Labute approximate surface area is 124 Å².